The van der Waals surface area contributed by atoms with Gasteiger partial charge >= 0.3 is 6.09 Å². The number of hydrogen-bond donors (Lipinski definition) is 1. The Bertz CT molecular complexity index is 806. The van der Waals surface area contributed by atoms with Gasteiger partial charge in [0, 0.05) is 22.9 Å². The molecule has 2 heterocycles. The van der Waals surface area contributed by atoms with Crippen LogP contribution < -0.4 is 10.1 Å². The summed E-state index contributed by atoms with van der Waals surface area (Å²) in [6, 6.07) is 8.55. The maximum absolute atomic E-state index is 12.5. The Labute approximate surface area is 179 Å². The summed E-state index contributed by atoms with van der Waals surface area (Å²) in [4.78, 5) is 12.5. The molecule has 2 bridgehead atoms. The van der Waals surface area contributed by atoms with Crippen LogP contribution in [-0.4, -0.2) is 30.9 Å². The highest BCUT2D eigenvalue weighted by Gasteiger charge is 2.64. The molecule has 5 heteroatoms. The monoisotopic (exact) mass is 413 g/mol. The largest absolute Gasteiger partial charge is 0.487 e. The van der Waals surface area contributed by atoms with E-state index >= 15 is 0 Å². The molecular weight excluding hydrogens is 378 g/mol. The van der Waals surface area contributed by atoms with Crippen LogP contribution in [0.1, 0.15) is 71.0 Å². The predicted octanol–water partition coefficient (Wildman–Crippen LogP) is 5.25. The average molecular weight is 414 g/mol. The summed E-state index contributed by atoms with van der Waals surface area (Å²) in [6.45, 7) is 7.86. The van der Waals surface area contributed by atoms with Gasteiger partial charge in [-0.25, -0.2) is 4.79 Å². The van der Waals surface area contributed by atoms with E-state index in [1.165, 1.54) is 19.3 Å². The number of para-hydroxylation sites is 1. The number of nitrogens with one attached hydrogen (secondary N) is 1. The quantitative estimate of drug-likeness (QED) is 0.736. The normalized spacial score (nSPS) is 40.1. The van der Waals surface area contributed by atoms with Gasteiger partial charge in [0.1, 0.15) is 18.0 Å². The van der Waals surface area contributed by atoms with Gasteiger partial charge in [-0.15, -0.1) is 0 Å². The van der Waals surface area contributed by atoms with Crippen LogP contribution in [0.25, 0.3) is 0 Å². The SMILES string of the molecule is C[C@H]1C[C@]2(C)Oc3ccccc3[C@H]3OC[C@@]1(COC(=O)NC1CCCCC1)[C@@H](C)[C@H]32. The molecule has 5 nitrogen and oxygen atoms in total. The molecule has 2 aliphatic carbocycles. The van der Waals surface area contributed by atoms with Crippen molar-refractivity contribution in [3.63, 3.8) is 0 Å². The number of amides is 1. The highest BCUT2D eigenvalue weighted by atomic mass is 16.6. The fourth-order valence-corrected chi connectivity index (χ4v) is 6.91. The van der Waals surface area contributed by atoms with Crippen molar-refractivity contribution in [2.75, 3.05) is 13.2 Å². The second-order valence-corrected chi connectivity index (χ2v) is 10.4. The summed E-state index contributed by atoms with van der Waals surface area (Å²) in [5.74, 6) is 1.88. The minimum absolute atomic E-state index is 0.0478. The molecule has 1 aromatic rings. The van der Waals surface area contributed by atoms with E-state index in [2.05, 4.69) is 44.3 Å². The van der Waals surface area contributed by atoms with Crippen molar-refractivity contribution < 1.29 is 19.0 Å². The highest BCUT2D eigenvalue weighted by molar-refractivity contribution is 5.67. The van der Waals surface area contributed by atoms with Crippen molar-refractivity contribution in [1.82, 2.24) is 5.32 Å². The van der Waals surface area contributed by atoms with Crippen molar-refractivity contribution >= 4 is 6.09 Å². The Balaban J connectivity index is 1.34. The van der Waals surface area contributed by atoms with E-state index in [9.17, 15) is 4.79 Å². The Morgan fingerprint density at radius 3 is 2.77 bits per heavy atom. The Morgan fingerprint density at radius 1 is 1.20 bits per heavy atom. The number of fused-ring (bicyclic) bond motifs is 3. The number of hydrogen-bond acceptors (Lipinski definition) is 4. The standard InChI is InChI=1S/C25H35NO4/c1-16-13-24(3)21-17(2)25(16,15-29-23(27)26-18-9-5-4-6-10-18)14-28-22(21)19-11-7-8-12-20(19)30-24/h7-8,11-12,16-18,21-22H,4-6,9-10,13-15H2,1-3H3,(H,26,27)/t16-,17-,21+,22+,24-,25-/m0/s1. The van der Waals surface area contributed by atoms with Gasteiger partial charge in [-0.05, 0) is 44.1 Å². The lowest BCUT2D eigenvalue weighted by molar-refractivity contribution is -0.259. The van der Waals surface area contributed by atoms with Crippen molar-refractivity contribution in [3.8, 4) is 5.75 Å². The maximum atomic E-state index is 12.5. The van der Waals surface area contributed by atoms with Gasteiger partial charge in [-0.2, -0.15) is 0 Å². The van der Waals surface area contributed by atoms with E-state index in [1.807, 2.05) is 6.07 Å². The first kappa shape index (κ1) is 20.2. The third-order valence-corrected chi connectivity index (χ3v) is 8.67. The summed E-state index contributed by atoms with van der Waals surface area (Å²) in [7, 11) is 0. The molecule has 0 aromatic heterocycles. The van der Waals surface area contributed by atoms with Crippen LogP contribution in [0.4, 0.5) is 4.79 Å². The van der Waals surface area contributed by atoms with Gasteiger partial charge in [-0.3, -0.25) is 0 Å². The second kappa shape index (κ2) is 7.44. The summed E-state index contributed by atoms with van der Waals surface area (Å²) >= 11 is 0. The number of benzene rings is 1. The molecule has 30 heavy (non-hydrogen) atoms. The molecule has 1 saturated heterocycles. The molecule has 0 radical (unpaired) electrons. The molecule has 4 aliphatic rings. The molecule has 2 saturated carbocycles. The van der Waals surface area contributed by atoms with Crippen molar-refractivity contribution in [3.05, 3.63) is 29.8 Å². The van der Waals surface area contributed by atoms with Gasteiger partial charge in [0.2, 0.25) is 0 Å². The van der Waals surface area contributed by atoms with Crippen LogP contribution >= 0.6 is 0 Å². The molecule has 3 fully saturated rings. The van der Waals surface area contributed by atoms with Crippen molar-refractivity contribution in [2.24, 2.45) is 23.2 Å². The first-order valence-electron chi connectivity index (χ1n) is 11.8. The number of carbonyl (C=O) groups excluding carboxylic acids is 1. The lowest BCUT2D eigenvalue weighted by atomic mass is 9.50. The van der Waals surface area contributed by atoms with Gasteiger partial charge in [-0.1, -0.05) is 51.3 Å². The van der Waals surface area contributed by atoms with Gasteiger partial charge in [0.25, 0.3) is 0 Å². The zero-order valence-electron chi connectivity index (χ0n) is 18.5. The number of carbonyl (C=O) groups is 1. The van der Waals surface area contributed by atoms with E-state index in [0.717, 1.165) is 30.6 Å². The molecule has 5 rings (SSSR count). The molecule has 1 amide bonds. The zero-order chi connectivity index (χ0) is 20.9. The van der Waals surface area contributed by atoms with E-state index in [4.69, 9.17) is 14.2 Å². The summed E-state index contributed by atoms with van der Waals surface area (Å²) in [5, 5.41) is 3.09. The molecule has 0 unspecified atom stereocenters. The molecule has 164 valence electrons. The highest BCUT2D eigenvalue weighted by Crippen LogP contribution is 2.63. The molecular formula is C25H35NO4. The lowest BCUT2D eigenvalue weighted by Gasteiger charge is -2.63. The molecule has 2 aliphatic heterocycles. The fourth-order valence-electron chi connectivity index (χ4n) is 6.91. The fraction of sp³-hybridized carbons (Fsp3) is 0.720. The Morgan fingerprint density at radius 2 is 1.97 bits per heavy atom. The van der Waals surface area contributed by atoms with Crippen LogP contribution in [0.15, 0.2) is 24.3 Å². The molecule has 1 aromatic carbocycles. The number of alkyl carbamates (subject to hydrolysis) is 1. The smallest absolute Gasteiger partial charge is 0.407 e. The number of rotatable bonds is 3. The predicted molar refractivity (Wildman–Crippen MR) is 114 cm³/mol. The maximum Gasteiger partial charge on any atom is 0.407 e. The summed E-state index contributed by atoms with van der Waals surface area (Å²) < 4.78 is 19.0. The molecule has 1 N–H and O–H groups in total. The zero-order valence-corrected chi connectivity index (χ0v) is 18.5. The van der Waals surface area contributed by atoms with Crippen molar-refractivity contribution in [2.45, 2.75) is 77.0 Å². The average Bonchev–Trinajstić information content (AvgIpc) is 2.73. The molecule has 6 atom stereocenters. The van der Waals surface area contributed by atoms with E-state index in [-0.39, 0.29) is 35.2 Å². The first-order chi connectivity index (χ1) is 14.4. The lowest BCUT2D eigenvalue weighted by Crippen LogP contribution is -2.66. The second-order valence-electron chi connectivity index (χ2n) is 10.4. The summed E-state index contributed by atoms with van der Waals surface area (Å²) in [6.07, 6.45) is 6.52. The van der Waals surface area contributed by atoms with E-state index in [0.29, 0.717) is 25.0 Å². The minimum atomic E-state index is -0.267. The van der Waals surface area contributed by atoms with Crippen LogP contribution in [-0.2, 0) is 9.47 Å². The Hall–Kier alpha value is -1.75. The third-order valence-electron chi connectivity index (χ3n) is 8.67. The van der Waals surface area contributed by atoms with Crippen LogP contribution in [0.3, 0.4) is 0 Å². The first-order valence-corrected chi connectivity index (χ1v) is 11.8. The third kappa shape index (κ3) is 3.12. The summed E-state index contributed by atoms with van der Waals surface area (Å²) in [5.41, 5.74) is 0.734. The van der Waals surface area contributed by atoms with Crippen LogP contribution in [0.5, 0.6) is 5.75 Å². The van der Waals surface area contributed by atoms with Crippen molar-refractivity contribution in [1.29, 1.82) is 0 Å². The van der Waals surface area contributed by atoms with Crippen LogP contribution in [0.2, 0.25) is 0 Å². The van der Waals surface area contributed by atoms with Gasteiger partial charge in [0.05, 0.1) is 12.7 Å². The van der Waals surface area contributed by atoms with E-state index < -0.39 is 0 Å². The van der Waals surface area contributed by atoms with Gasteiger partial charge in [0.15, 0.2) is 0 Å². The van der Waals surface area contributed by atoms with E-state index in [1.54, 1.807) is 0 Å². The topological polar surface area (TPSA) is 56.8 Å². The number of ether oxygens (including phenoxy) is 3. The molecule has 0 spiro atoms. The minimum Gasteiger partial charge on any atom is -0.487 e. The van der Waals surface area contributed by atoms with Crippen LogP contribution in [0, 0.1) is 23.2 Å². The Kier molecular flexibility index (Phi) is 5.00. The van der Waals surface area contributed by atoms with Gasteiger partial charge < -0.3 is 19.5 Å².